The van der Waals surface area contributed by atoms with E-state index < -0.39 is 15.7 Å². The summed E-state index contributed by atoms with van der Waals surface area (Å²) in [5, 5.41) is 0. The first-order valence-electron chi connectivity index (χ1n) is 4.65. The molecule has 1 aliphatic rings. The third-order valence-corrected chi connectivity index (χ3v) is 4.07. The van der Waals surface area contributed by atoms with Crippen molar-refractivity contribution in [3.63, 3.8) is 0 Å². The lowest BCUT2D eigenvalue weighted by molar-refractivity contribution is 0.266. The minimum absolute atomic E-state index is 0.263. The lowest BCUT2D eigenvalue weighted by Gasteiger charge is -2.03. The minimum Gasteiger partial charge on any atom is -0.256 e. The molecule has 1 unspecified atom stereocenters. The van der Waals surface area contributed by atoms with Crippen LogP contribution in [0.1, 0.15) is 19.4 Å². The molecular weight excluding hydrogens is 214 g/mol. The van der Waals surface area contributed by atoms with E-state index in [0.717, 1.165) is 10.0 Å². The van der Waals surface area contributed by atoms with Gasteiger partial charge < -0.3 is 0 Å². The highest BCUT2D eigenvalue weighted by molar-refractivity contribution is 7.89. The second kappa shape index (κ2) is 3.04. The summed E-state index contributed by atoms with van der Waals surface area (Å²) < 4.78 is 24.9. The Morgan fingerprint density at radius 2 is 1.67 bits per heavy atom. The zero-order chi connectivity index (χ0) is 11.3. The number of benzene rings is 1. The molecule has 0 N–H and O–H groups in total. The molecule has 4 nitrogen and oxygen atoms in total. The zero-order valence-corrected chi connectivity index (χ0v) is 9.71. The van der Waals surface area contributed by atoms with Gasteiger partial charge in [-0.3, -0.25) is 4.84 Å². The number of aryl methyl sites for hydroxylation is 1. The number of rotatable bonds is 2. The van der Waals surface area contributed by atoms with E-state index in [-0.39, 0.29) is 4.90 Å². The van der Waals surface area contributed by atoms with Crippen molar-refractivity contribution >= 4 is 10.0 Å². The molecule has 2 rings (SSSR count). The van der Waals surface area contributed by atoms with E-state index in [9.17, 15) is 8.42 Å². The normalized spacial score (nSPS) is 23.8. The van der Waals surface area contributed by atoms with Gasteiger partial charge in [0.25, 0.3) is 10.0 Å². The Bertz CT molecular complexity index is 476. The number of hydrogen-bond donors (Lipinski definition) is 0. The Morgan fingerprint density at radius 3 is 2.07 bits per heavy atom. The van der Waals surface area contributed by atoms with Gasteiger partial charge in [-0.2, -0.15) is 0 Å². The fourth-order valence-electron chi connectivity index (χ4n) is 1.33. The standard InChI is InChI=1S/C10H13NO3S/c1-8-4-6-9(7-5-8)15(12,13)11-10(2,3)14-11/h4-7H,1-3H3. The van der Waals surface area contributed by atoms with Crippen LogP contribution >= 0.6 is 0 Å². The van der Waals surface area contributed by atoms with Crippen LogP contribution in [0.15, 0.2) is 29.2 Å². The van der Waals surface area contributed by atoms with Crippen molar-refractivity contribution in [3.05, 3.63) is 29.8 Å². The largest absolute Gasteiger partial charge is 0.267 e. The number of hydrogen-bond acceptors (Lipinski definition) is 3. The van der Waals surface area contributed by atoms with Crippen molar-refractivity contribution in [3.8, 4) is 0 Å². The summed E-state index contributed by atoms with van der Waals surface area (Å²) in [5.74, 6) is 0. The fraction of sp³-hybridized carbons (Fsp3) is 0.400. The molecule has 1 aliphatic heterocycles. The second-order valence-electron chi connectivity index (χ2n) is 4.08. The molecule has 1 aromatic carbocycles. The molecule has 0 amide bonds. The molecule has 0 aromatic heterocycles. The maximum Gasteiger partial charge on any atom is 0.267 e. The third kappa shape index (κ3) is 1.78. The van der Waals surface area contributed by atoms with Gasteiger partial charge in [0.05, 0.1) is 4.90 Å². The van der Waals surface area contributed by atoms with Crippen LogP contribution in [-0.4, -0.2) is 18.6 Å². The van der Waals surface area contributed by atoms with Gasteiger partial charge in [0.1, 0.15) is 0 Å². The first kappa shape index (κ1) is 10.6. The molecule has 1 fully saturated rings. The van der Waals surface area contributed by atoms with E-state index in [0.29, 0.717) is 0 Å². The van der Waals surface area contributed by atoms with Crippen molar-refractivity contribution in [2.75, 3.05) is 0 Å². The van der Waals surface area contributed by atoms with Gasteiger partial charge in [-0.15, -0.1) is 0 Å². The van der Waals surface area contributed by atoms with Crippen LogP contribution < -0.4 is 0 Å². The summed E-state index contributed by atoms with van der Waals surface area (Å²) >= 11 is 0. The summed E-state index contributed by atoms with van der Waals surface area (Å²) in [7, 11) is -3.48. The quantitative estimate of drug-likeness (QED) is 0.722. The second-order valence-corrected chi connectivity index (χ2v) is 5.84. The van der Waals surface area contributed by atoms with Gasteiger partial charge in [0.2, 0.25) is 0 Å². The third-order valence-electron chi connectivity index (χ3n) is 2.25. The van der Waals surface area contributed by atoms with Gasteiger partial charge in [-0.1, -0.05) is 17.7 Å². The molecule has 1 heterocycles. The van der Waals surface area contributed by atoms with E-state index in [2.05, 4.69) is 0 Å². The molecular formula is C10H13NO3S. The molecule has 0 spiro atoms. The van der Waals surface area contributed by atoms with Gasteiger partial charge in [0.15, 0.2) is 5.72 Å². The highest BCUT2D eigenvalue weighted by Gasteiger charge is 2.55. The average molecular weight is 227 g/mol. The van der Waals surface area contributed by atoms with Crippen LogP contribution in [0.3, 0.4) is 0 Å². The molecule has 0 radical (unpaired) electrons. The molecule has 0 bridgehead atoms. The average Bonchev–Trinajstić information content (AvgIpc) is 2.77. The Labute approximate surface area is 89.5 Å². The molecule has 1 aromatic rings. The monoisotopic (exact) mass is 227 g/mol. The SMILES string of the molecule is Cc1ccc(S(=O)(=O)N2OC2(C)C)cc1. The van der Waals surface area contributed by atoms with E-state index in [1.165, 1.54) is 0 Å². The van der Waals surface area contributed by atoms with Crippen molar-refractivity contribution in [2.24, 2.45) is 0 Å². The van der Waals surface area contributed by atoms with E-state index in [1.807, 2.05) is 6.92 Å². The number of nitrogens with zero attached hydrogens (tertiary/aromatic N) is 1. The highest BCUT2D eigenvalue weighted by Crippen LogP contribution is 2.39. The maximum absolute atomic E-state index is 11.9. The zero-order valence-electron chi connectivity index (χ0n) is 8.89. The van der Waals surface area contributed by atoms with E-state index in [4.69, 9.17) is 4.84 Å². The minimum atomic E-state index is -3.48. The molecule has 1 saturated heterocycles. The Morgan fingerprint density at radius 1 is 1.20 bits per heavy atom. The molecule has 0 aliphatic carbocycles. The summed E-state index contributed by atoms with van der Waals surface area (Å²) in [5.41, 5.74) is 0.323. The molecule has 5 heteroatoms. The van der Waals surface area contributed by atoms with Gasteiger partial charge in [0, 0.05) is 0 Å². The van der Waals surface area contributed by atoms with Crippen LogP contribution in [0.2, 0.25) is 0 Å². The smallest absolute Gasteiger partial charge is 0.256 e. The van der Waals surface area contributed by atoms with Gasteiger partial charge in [-0.25, -0.2) is 8.42 Å². The van der Waals surface area contributed by atoms with E-state index in [1.54, 1.807) is 38.1 Å². The lowest BCUT2D eigenvalue weighted by Crippen LogP contribution is -2.18. The Balaban J connectivity index is 2.36. The molecule has 15 heavy (non-hydrogen) atoms. The number of hydroxylamine groups is 1. The predicted octanol–water partition coefficient (Wildman–Crippen LogP) is 1.67. The first-order chi connectivity index (χ1) is 6.84. The van der Waals surface area contributed by atoms with Crippen LogP contribution in [0.25, 0.3) is 0 Å². The topological polar surface area (TPSA) is 49.7 Å². The summed E-state index contributed by atoms with van der Waals surface area (Å²) in [6.45, 7) is 5.33. The number of sulfonamides is 1. The van der Waals surface area contributed by atoms with Gasteiger partial charge >= 0.3 is 0 Å². The molecule has 0 saturated carbocycles. The molecule has 1 atom stereocenters. The predicted molar refractivity (Wildman–Crippen MR) is 55.4 cm³/mol. The van der Waals surface area contributed by atoms with Crippen LogP contribution in [-0.2, 0) is 14.9 Å². The Hall–Kier alpha value is -0.910. The summed E-state index contributed by atoms with van der Waals surface area (Å²) in [6.07, 6.45) is 0. The summed E-state index contributed by atoms with van der Waals surface area (Å²) in [6, 6.07) is 6.71. The van der Waals surface area contributed by atoms with E-state index >= 15 is 0 Å². The molecule has 82 valence electrons. The lowest BCUT2D eigenvalue weighted by atomic mass is 10.2. The van der Waals surface area contributed by atoms with Crippen molar-refractivity contribution < 1.29 is 13.3 Å². The highest BCUT2D eigenvalue weighted by atomic mass is 32.2. The fourth-order valence-corrected chi connectivity index (χ4v) is 2.86. The van der Waals surface area contributed by atoms with Crippen LogP contribution in [0.4, 0.5) is 0 Å². The van der Waals surface area contributed by atoms with Crippen LogP contribution in [0.5, 0.6) is 0 Å². The first-order valence-corrected chi connectivity index (χ1v) is 6.09. The van der Waals surface area contributed by atoms with Crippen molar-refractivity contribution in [1.29, 1.82) is 0 Å². The Kier molecular flexibility index (Phi) is 2.15. The van der Waals surface area contributed by atoms with Gasteiger partial charge in [-0.05, 0) is 37.4 Å². The maximum atomic E-state index is 11.9. The summed E-state index contributed by atoms with van der Waals surface area (Å²) in [4.78, 5) is 5.26. The van der Waals surface area contributed by atoms with Crippen LogP contribution in [0, 0.1) is 6.92 Å². The van der Waals surface area contributed by atoms with Crippen molar-refractivity contribution in [1.82, 2.24) is 4.47 Å². The van der Waals surface area contributed by atoms with Crippen molar-refractivity contribution in [2.45, 2.75) is 31.4 Å².